The Morgan fingerprint density at radius 2 is 2.40 bits per heavy atom. The zero-order valence-corrected chi connectivity index (χ0v) is 9.51. The molecule has 0 spiro atoms. The third kappa shape index (κ3) is 3.18. The van der Waals surface area contributed by atoms with E-state index in [0.717, 1.165) is 32.4 Å². The fraction of sp³-hybridized carbons (Fsp3) is 0.909. The molecule has 1 heterocycles. The van der Waals surface area contributed by atoms with Crippen LogP contribution in [-0.2, 0) is 4.79 Å². The number of aliphatic hydroxyl groups is 1. The van der Waals surface area contributed by atoms with Crippen molar-refractivity contribution in [1.29, 1.82) is 0 Å². The van der Waals surface area contributed by atoms with Gasteiger partial charge in [0.1, 0.15) is 0 Å². The van der Waals surface area contributed by atoms with Crippen LogP contribution in [0, 0.1) is 5.41 Å². The lowest BCUT2D eigenvalue weighted by Gasteiger charge is -2.26. The molecule has 1 amide bonds. The molecule has 15 heavy (non-hydrogen) atoms. The van der Waals surface area contributed by atoms with Crippen LogP contribution in [0.1, 0.15) is 32.6 Å². The average Bonchev–Trinajstić information content (AvgIpc) is 2.68. The van der Waals surface area contributed by atoms with Gasteiger partial charge >= 0.3 is 0 Å². The third-order valence-corrected chi connectivity index (χ3v) is 3.07. The van der Waals surface area contributed by atoms with Crippen molar-refractivity contribution in [2.45, 2.75) is 32.6 Å². The topological polar surface area (TPSA) is 61.4 Å². The third-order valence-electron chi connectivity index (χ3n) is 3.07. The molecule has 4 nitrogen and oxygen atoms in total. The molecule has 1 unspecified atom stereocenters. The minimum absolute atomic E-state index is 0.138. The zero-order chi connectivity index (χ0) is 11.1. The molecule has 1 aliphatic rings. The van der Waals surface area contributed by atoms with E-state index in [9.17, 15) is 4.79 Å². The molecular formula is C11H22N2O2. The van der Waals surface area contributed by atoms with E-state index in [1.54, 1.807) is 0 Å². The second-order valence-corrected chi connectivity index (χ2v) is 4.29. The number of amides is 1. The molecule has 0 aromatic heterocycles. The predicted octanol–water partition coefficient (Wildman–Crippen LogP) is 0.265. The lowest BCUT2D eigenvalue weighted by atomic mass is 9.81. The first-order chi connectivity index (χ1) is 7.25. The van der Waals surface area contributed by atoms with Gasteiger partial charge in [0.25, 0.3) is 0 Å². The first-order valence-electron chi connectivity index (χ1n) is 5.85. The molecule has 0 aromatic carbocycles. The van der Waals surface area contributed by atoms with Crippen molar-refractivity contribution in [3.05, 3.63) is 0 Å². The van der Waals surface area contributed by atoms with Crippen LogP contribution in [0.4, 0.5) is 0 Å². The summed E-state index contributed by atoms with van der Waals surface area (Å²) < 4.78 is 0. The fourth-order valence-corrected chi connectivity index (χ4v) is 2.21. The maximum atomic E-state index is 12.0. The zero-order valence-electron chi connectivity index (χ0n) is 9.51. The van der Waals surface area contributed by atoms with Crippen LogP contribution < -0.4 is 10.6 Å². The number of aliphatic hydroxyl groups excluding tert-OH is 1. The smallest absolute Gasteiger partial charge is 0.227 e. The fourth-order valence-electron chi connectivity index (χ4n) is 2.21. The maximum Gasteiger partial charge on any atom is 0.227 e. The Morgan fingerprint density at radius 1 is 1.60 bits per heavy atom. The molecule has 1 aliphatic heterocycles. The van der Waals surface area contributed by atoms with Crippen molar-refractivity contribution in [3.8, 4) is 0 Å². The monoisotopic (exact) mass is 214 g/mol. The summed E-state index contributed by atoms with van der Waals surface area (Å²) in [6.45, 7) is 4.57. The number of carbonyl (C=O) groups excluding carboxylic acids is 1. The van der Waals surface area contributed by atoms with Gasteiger partial charge in [-0.2, -0.15) is 0 Å². The first-order valence-corrected chi connectivity index (χ1v) is 5.85. The average molecular weight is 214 g/mol. The molecular weight excluding hydrogens is 192 g/mol. The van der Waals surface area contributed by atoms with E-state index < -0.39 is 0 Å². The Labute approximate surface area is 91.4 Å². The Kier molecular flexibility index (Phi) is 5.05. The number of nitrogens with one attached hydrogen (secondary N) is 2. The minimum Gasteiger partial charge on any atom is -0.396 e. The highest BCUT2D eigenvalue weighted by Gasteiger charge is 2.39. The highest BCUT2D eigenvalue weighted by atomic mass is 16.3. The minimum atomic E-state index is -0.190. The van der Waals surface area contributed by atoms with Crippen LogP contribution in [0.5, 0.6) is 0 Å². The van der Waals surface area contributed by atoms with Crippen LogP contribution in [0.3, 0.4) is 0 Å². The quantitative estimate of drug-likeness (QED) is 0.556. The maximum absolute atomic E-state index is 12.0. The van der Waals surface area contributed by atoms with Crippen molar-refractivity contribution in [1.82, 2.24) is 10.6 Å². The summed E-state index contributed by atoms with van der Waals surface area (Å²) in [6, 6.07) is 0. The van der Waals surface area contributed by atoms with Crippen molar-refractivity contribution in [2.24, 2.45) is 5.41 Å². The summed E-state index contributed by atoms with van der Waals surface area (Å²) in [7, 11) is 0. The van der Waals surface area contributed by atoms with Crippen molar-refractivity contribution >= 4 is 5.91 Å². The number of carbonyl (C=O) groups is 1. The summed E-state index contributed by atoms with van der Waals surface area (Å²) in [4.78, 5) is 12.0. The van der Waals surface area contributed by atoms with Gasteiger partial charge in [-0.25, -0.2) is 0 Å². The highest BCUT2D eigenvalue weighted by Crippen LogP contribution is 2.31. The summed E-state index contributed by atoms with van der Waals surface area (Å²) >= 11 is 0. The lowest BCUT2D eigenvalue weighted by molar-refractivity contribution is -0.130. The van der Waals surface area contributed by atoms with Gasteiger partial charge in [-0.15, -0.1) is 0 Å². The van der Waals surface area contributed by atoms with Gasteiger partial charge in [0.15, 0.2) is 0 Å². The van der Waals surface area contributed by atoms with E-state index in [4.69, 9.17) is 5.11 Å². The summed E-state index contributed by atoms with van der Waals surface area (Å²) in [5.41, 5.74) is -0.190. The molecule has 1 saturated heterocycles. The predicted molar refractivity (Wildman–Crippen MR) is 59.5 cm³/mol. The molecule has 0 aliphatic carbocycles. The summed E-state index contributed by atoms with van der Waals surface area (Å²) in [5, 5.41) is 14.8. The molecule has 1 fully saturated rings. The molecule has 1 atom stereocenters. The van der Waals surface area contributed by atoms with Crippen LogP contribution in [-0.4, -0.2) is 37.3 Å². The second kappa shape index (κ2) is 6.08. The summed E-state index contributed by atoms with van der Waals surface area (Å²) in [6.07, 6.45) is 3.56. The second-order valence-electron chi connectivity index (χ2n) is 4.29. The van der Waals surface area contributed by atoms with E-state index in [-0.39, 0.29) is 17.9 Å². The molecule has 3 N–H and O–H groups in total. The highest BCUT2D eigenvalue weighted by molar-refractivity contribution is 5.83. The van der Waals surface area contributed by atoms with Gasteiger partial charge in [-0.3, -0.25) is 4.79 Å². The van der Waals surface area contributed by atoms with Crippen molar-refractivity contribution in [2.75, 3.05) is 26.2 Å². The summed E-state index contributed by atoms with van der Waals surface area (Å²) in [5.74, 6) is 0.155. The molecule has 4 heteroatoms. The van der Waals surface area contributed by atoms with Crippen LogP contribution >= 0.6 is 0 Å². The Hall–Kier alpha value is -0.610. The normalized spacial score (nSPS) is 25.5. The first kappa shape index (κ1) is 12.5. The van der Waals surface area contributed by atoms with E-state index in [0.29, 0.717) is 13.0 Å². The van der Waals surface area contributed by atoms with Crippen LogP contribution in [0.2, 0.25) is 0 Å². The Morgan fingerprint density at radius 3 is 2.93 bits per heavy atom. The van der Waals surface area contributed by atoms with Gasteiger partial charge < -0.3 is 15.7 Å². The van der Waals surface area contributed by atoms with Gasteiger partial charge in [0.2, 0.25) is 5.91 Å². The molecule has 1 rings (SSSR count). The van der Waals surface area contributed by atoms with Gasteiger partial charge in [-0.1, -0.05) is 13.3 Å². The van der Waals surface area contributed by atoms with Crippen LogP contribution in [0.25, 0.3) is 0 Å². The van der Waals surface area contributed by atoms with Crippen LogP contribution in [0.15, 0.2) is 0 Å². The number of hydrogen-bond donors (Lipinski definition) is 3. The largest absolute Gasteiger partial charge is 0.396 e. The molecule has 0 aromatic rings. The molecule has 0 saturated carbocycles. The van der Waals surface area contributed by atoms with E-state index in [1.807, 2.05) is 0 Å². The van der Waals surface area contributed by atoms with E-state index >= 15 is 0 Å². The molecule has 0 radical (unpaired) electrons. The molecule has 88 valence electrons. The Balaban J connectivity index is 2.44. The standard InChI is InChI=1S/C11H22N2O2/c1-2-4-11(5-7-12-9-11)10(15)13-6-3-8-14/h12,14H,2-9H2,1H3,(H,13,15). The van der Waals surface area contributed by atoms with Gasteiger partial charge in [0, 0.05) is 19.7 Å². The van der Waals surface area contributed by atoms with Crippen molar-refractivity contribution < 1.29 is 9.90 Å². The lowest BCUT2D eigenvalue weighted by Crippen LogP contribution is -2.43. The van der Waals surface area contributed by atoms with E-state index in [2.05, 4.69) is 17.6 Å². The number of hydrogen-bond acceptors (Lipinski definition) is 3. The molecule has 0 bridgehead atoms. The SMILES string of the molecule is CCCC1(C(=O)NCCCO)CCNC1. The van der Waals surface area contributed by atoms with Gasteiger partial charge in [-0.05, 0) is 25.8 Å². The van der Waals surface area contributed by atoms with E-state index in [1.165, 1.54) is 0 Å². The number of rotatable bonds is 6. The van der Waals surface area contributed by atoms with Gasteiger partial charge in [0.05, 0.1) is 5.41 Å². The van der Waals surface area contributed by atoms with Crippen molar-refractivity contribution in [3.63, 3.8) is 0 Å². The Bertz CT molecular complexity index is 201.